The molecule has 0 aromatic carbocycles. The highest BCUT2D eigenvalue weighted by Crippen LogP contribution is 2.35. The topological polar surface area (TPSA) is 181 Å². The number of carbonyl (C=O) groups is 4. The van der Waals surface area contributed by atoms with Crippen LogP contribution in [0.25, 0.3) is 0 Å². The van der Waals surface area contributed by atoms with Crippen LogP contribution in [0, 0.1) is 0 Å². The number of hydrogen-bond acceptors (Lipinski definition) is 15. The second-order valence-corrected chi connectivity index (χ2v) is 8.59. The van der Waals surface area contributed by atoms with Crippen LogP contribution in [-0.2, 0) is 66.5 Å². The summed E-state index contributed by atoms with van der Waals surface area (Å²) in [5, 5.41) is 10.3. The third kappa shape index (κ3) is 8.30. The fourth-order valence-corrected chi connectivity index (χ4v) is 4.34. The summed E-state index contributed by atoms with van der Waals surface area (Å²) >= 11 is 0. The van der Waals surface area contributed by atoms with Crippen LogP contribution in [0.15, 0.2) is 0 Å². The maximum atomic E-state index is 12.0. The van der Waals surface area contributed by atoms with Gasteiger partial charge in [0.25, 0.3) is 0 Å². The molecule has 0 aromatic heterocycles. The smallest absolute Gasteiger partial charge is 0.303 e. The molecule has 2 aliphatic heterocycles. The lowest BCUT2D eigenvalue weighted by Gasteiger charge is -2.31. The van der Waals surface area contributed by atoms with Gasteiger partial charge in [0.15, 0.2) is 30.9 Å². The minimum absolute atomic E-state index is 0.0932. The normalized spacial score (nSPS) is 32.3. The zero-order chi connectivity index (χ0) is 28.6. The summed E-state index contributed by atoms with van der Waals surface area (Å²) in [7, 11) is 4.17. The fourth-order valence-electron chi connectivity index (χ4n) is 4.34. The Kier molecular flexibility index (Phi) is 12.3. The molecule has 2 heterocycles. The molecule has 0 saturated carbocycles. The lowest BCUT2D eigenvalue weighted by molar-refractivity contribution is -0.246. The van der Waals surface area contributed by atoms with Gasteiger partial charge in [0.2, 0.25) is 0 Å². The van der Waals surface area contributed by atoms with Crippen LogP contribution in [0.2, 0.25) is 0 Å². The summed E-state index contributed by atoms with van der Waals surface area (Å²) in [6.45, 7) is 4.00. The number of aliphatic hydroxyl groups is 1. The van der Waals surface area contributed by atoms with Gasteiger partial charge in [-0.2, -0.15) is 0 Å². The zero-order valence-electron chi connectivity index (χ0n) is 22.4. The molecule has 0 radical (unpaired) electrons. The molecule has 15 nitrogen and oxygen atoms in total. The van der Waals surface area contributed by atoms with Crippen molar-refractivity contribution in [1.29, 1.82) is 0 Å². The van der Waals surface area contributed by atoms with Crippen LogP contribution in [0.5, 0.6) is 0 Å². The average Bonchev–Trinajstić information content (AvgIpc) is 3.31. The Bertz CT molecular complexity index is 819. The first-order valence-electron chi connectivity index (χ1n) is 11.8. The Labute approximate surface area is 219 Å². The summed E-state index contributed by atoms with van der Waals surface area (Å²) in [5.74, 6) is -2.91. The molecule has 0 aliphatic carbocycles. The van der Waals surface area contributed by atoms with E-state index in [1.54, 1.807) is 0 Å². The number of hydrogen-bond donors (Lipinski definition) is 1. The van der Waals surface area contributed by atoms with Crippen molar-refractivity contribution >= 4 is 23.9 Å². The monoisotopic (exact) mass is 552 g/mol. The first kappa shape index (κ1) is 31.8. The van der Waals surface area contributed by atoms with Crippen molar-refractivity contribution in [3.05, 3.63) is 0 Å². The maximum absolute atomic E-state index is 12.0. The Morgan fingerprint density at radius 1 is 0.711 bits per heavy atom. The Morgan fingerprint density at radius 2 is 1.29 bits per heavy atom. The van der Waals surface area contributed by atoms with Gasteiger partial charge in [-0.05, 0) is 0 Å². The van der Waals surface area contributed by atoms with Crippen molar-refractivity contribution in [3.8, 4) is 0 Å². The van der Waals surface area contributed by atoms with Crippen molar-refractivity contribution in [3.63, 3.8) is 0 Å². The van der Waals surface area contributed by atoms with Gasteiger partial charge in [-0.3, -0.25) is 19.2 Å². The molecular weight excluding hydrogens is 516 g/mol. The minimum Gasteiger partial charge on any atom is -0.462 e. The highest BCUT2D eigenvalue weighted by atomic mass is 16.8. The average molecular weight is 553 g/mol. The molecule has 10 atom stereocenters. The summed E-state index contributed by atoms with van der Waals surface area (Å²) in [4.78, 5) is 47.2. The third-order valence-corrected chi connectivity index (χ3v) is 5.72. The third-order valence-electron chi connectivity index (χ3n) is 5.72. The molecular formula is C23H36O15. The van der Waals surface area contributed by atoms with Crippen molar-refractivity contribution in [2.45, 2.75) is 89.1 Å². The lowest BCUT2D eigenvalue weighted by Crippen LogP contribution is -2.48. The van der Waals surface area contributed by atoms with E-state index in [9.17, 15) is 24.3 Å². The van der Waals surface area contributed by atoms with Gasteiger partial charge < -0.3 is 52.5 Å². The zero-order valence-corrected chi connectivity index (χ0v) is 22.4. The molecule has 2 fully saturated rings. The second-order valence-electron chi connectivity index (χ2n) is 8.59. The van der Waals surface area contributed by atoms with E-state index in [4.69, 9.17) is 47.4 Å². The molecule has 0 spiro atoms. The molecule has 1 N–H and O–H groups in total. The van der Waals surface area contributed by atoms with E-state index in [0.717, 1.165) is 27.7 Å². The molecule has 15 heteroatoms. The minimum atomic E-state index is -1.41. The van der Waals surface area contributed by atoms with E-state index < -0.39 is 91.9 Å². The van der Waals surface area contributed by atoms with Gasteiger partial charge in [0.05, 0.1) is 6.61 Å². The van der Waals surface area contributed by atoms with Gasteiger partial charge in [-0.25, -0.2) is 0 Å². The highest BCUT2D eigenvalue weighted by molar-refractivity contribution is 5.68. The van der Waals surface area contributed by atoms with Crippen LogP contribution in [-0.4, -0.2) is 125 Å². The lowest BCUT2D eigenvalue weighted by atomic mass is 10.0. The summed E-state index contributed by atoms with van der Waals surface area (Å²) in [5.41, 5.74) is 0. The molecule has 0 bridgehead atoms. The van der Waals surface area contributed by atoms with E-state index >= 15 is 0 Å². The standard InChI is InChI=1S/C23H36O15/c1-10(24)32-9-15(33-11(2)25)17-19(34-12(3)26)21(35-13(4)27)23(38-17)36-14(8-29-5)16-18(30-6)20(31-7)22(28)37-16/h14-23,28H,8-9H2,1-7H3/t14?,15?,16-,17-,18-,19-,20+,21+,22+,23?/m0/s1. The predicted molar refractivity (Wildman–Crippen MR) is 121 cm³/mol. The second kappa shape index (κ2) is 14.7. The molecule has 2 aliphatic rings. The van der Waals surface area contributed by atoms with Crippen LogP contribution >= 0.6 is 0 Å². The number of carbonyl (C=O) groups excluding carboxylic acids is 4. The van der Waals surface area contributed by atoms with Crippen LogP contribution in [0.3, 0.4) is 0 Å². The molecule has 2 rings (SSSR count). The van der Waals surface area contributed by atoms with E-state index in [0.29, 0.717) is 0 Å². The van der Waals surface area contributed by atoms with Crippen molar-refractivity contribution < 1.29 is 71.7 Å². The van der Waals surface area contributed by atoms with E-state index in [1.807, 2.05) is 0 Å². The van der Waals surface area contributed by atoms with Crippen LogP contribution in [0.1, 0.15) is 27.7 Å². The number of rotatable bonds is 13. The number of aliphatic hydroxyl groups excluding tert-OH is 1. The Hall–Kier alpha value is -2.40. The first-order chi connectivity index (χ1) is 17.9. The van der Waals surface area contributed by atoms with Crippen molar-refractivity contribution in [2.24, 2.45) is 0 Å². The number of ether oxygens (including phenoxy) is 10. The van der Waals surface area contributed by atoms with Gasteiger partial charge in [-0.1, -0.05) is 0 Å². The van der Waals surface area contributed by atoms with Gasteiger partial charge in [-0.15, -0.1) is 0 Å². The van der Waals surface area contributed by atoms with E-state index in [1.165, 1.54) is 21.3 Å². The van der Waals surface area contributed by atoms with Crippen molar-refractivity contribution in [2.75, 3.05) is 34.5 Å². The van der Waals surface area contributed by atoms with Crippen molar-refractivity contribution in [1.82, 2.24) is 0 Å². The van der Waals surface area contributed by atoms with Crippen LogP contribution in [0.4, 0.5) is 0 Å². The largest absolute Gasteiger partial charge is 0.462 e. The summed E-state index contributed by atoms with van der Waals surface area (Å²) in [6, 6.07) is 0. The Balaban J connectivity index is 2.43. The van der Waals surface area contributed by atoms with E-state index in [-0.39, 0.29) is 6.61 Å². The maximum Gasteiger partial charge on any atom is 0.303 e. The molecule has 2 saturated heterocycles. The van der Waals surface area contributed by atoms with E-state index in [2.05, 4.69) is 0 Å². The highest BCUT2D eigenvalue weighted by Gasteiger charge is 2.56. The molecule has 0 amide bonds. The molecule has 0 aromatic rings. The molecule has 218 valence electrons. The van der Waals surface area contributed by atoms with Gasteiger partial charge in [0.1, 0.15) is 37.1 Å². The number of methoxy groups -OCH3 is 3. The van der Waals surface area contributed by atoms with Crippen LogP contribution < -0.4 is 0 Å². The van der Waals surface area contributed by atoms with Gasteiger partial charge in [0, 0.05) is 49.0 Å². The predicted octanol–water partition coefficient (Wildman–Crippen LogP) is -1.15. The quantitative estimate of drug-likeness (QED) is 0.213. The fraction of sp³-hybridized carbons (Fsp3) is 0.826. The summed E-state index contributed by atoms with van der Waals surface area (Å²) in [6.07, 6.45) is -11.5. The first-order valence-corrected chi connectivity index (χ1v) is 11.8. The Morgan fingerprint density at radius 3 is 1.79 bits per heavy atom. The SMILES string of the molecule is COCC(OC1O[C@@H](C(COC(C)=O)OC(C)=O)[C@H](OC(C)=O)[C@H]1OC(C)=O)[C@@H]1O[C@@H](O)[C@H](OC)[C@H]1OC. The molecule has 3 unspecified atom stereocenters. The number of esters is 4. The van der Waals surface area contributed by atoms with Gasteiger partial charge >= 0.3 is 23.9 Å². The summed E-state index contributed by atoms with van der Waals surface area (Å²) < 4.78 is 54.8. The molecule has 38 heavy (non-hydrogen) atoms.